The van der Waals surface area contributed by atoms with Crippen LogP contribution in [-0.4, -0.2) is 37.6 Å². The van der Waals surface area contributed by atoms with Crippen molar-refractivity contribution in [1.82, 2.24) is 4.90 Å². The van der Waals surface area contributed by atoms with E-state index in [0.29, 0.717) is 23.4 Å². The third kappa shape index (κ3) is 3.12. The van der Waals surface area contributed by atoms with Crippen LogP contribution in [0.3, 0.4) is 0 Å². The summed E-state index contributed by atoms with van der Waals surface area (Å²) in [5.41, 5.74) is 0.656. The second-order valence-electron chi connectivity index (χ2n) is 6.54. The van der Waals surface area contributed by atoms with Crippen LogP contribution in [0.1, 0.15) is 23.4 Å². The first kappa shape index (κ1) is 16.8. The van der Waals surface area contributed by atoms with Gasteiger partial charge in [0.25, 0.3) is 5.91 Å². The van der Waals surface area contributed by atoms with Crippen LogP contribution in [0.25, 0.3) is 11.0 Å². The first-order chi connectivity index (χ1) is 12.5. The highest BCUT2D eigenvalue weighted by Crippen LogP contribution is 2.26. The molecule has 0 saturated carbocycles. The quantitative estimate of drug-likeness (QED) is 0.706. The van der Waals surface area contributed by atoms with Gasteiger partial charge in [-0.3, -0.25) is 4.79 Å². The summed E-state index contributed by atoms with van der Waals surface area (Å²) in [6.07, 6.45) is 1.47. The fraction of sp³-hybridized carbons (Fsp3) is 0.250. The van der Waals surface area contributed by atoms with Crippen LogP contribution >= 0.6 is 0 Å². The molecular weight excluding hydrogens is 350 g/mol. The number of carbonyl (C=O) groups excluding carboxylic acids is 1. The van der Waals surface area contributed by atoms with Gasteiger partial charge < -0.3 is 9.32 Å². The summed E-state index contributed by atoms with van der Waals surface area (Å²) in [5.74, 6) is -0.0506. The van der Waals surface area contributed by atoms with Gasteiger partial charge in [-0.25, -0.2) is 8.42 Å². The van der Waals surface area contributed by atoms with Gasteiger partial charge in [0.1, 0.15) is 5.58 Å². The van der Waals surface area contributed by atoms with E-state index in [2.05, 4.69) is 0 Å². The van der Waals surface area contributed by atoms with E-state index in [1.807, 2.05) is 24.3 Å². The van der Waals surface area contributed by atoms with Crippen LogP contribution in [0.5, 0.6) is 0 Å². The van der Waals surface area contributed by atoms with Gasteiger partial charge in [-0.2, -0.15) is 0 Å². The first-order valence-corrected chi connectivity index (χ1v) is 10.3. The topological polar surface area (TPSA) is 67.6 Å². The molecule has 1 unspecified atom stereocenters. The number of hydrogen-bond donors (Lipinski definition) is 0. The first-order valence-electron chi connectivity index (χ1n) is 8.62. The minimum absolute atomic E-state index is 0.0665. The van der Waals surface area contributed by atoms with Crippen LogP contribution in [-0.2, 0) is 9.84 Å². The zero-order chi connectivity index (χ0) is 18.1. The van der Waals surface area contributed by atoms with Crippen molar-refractivity contribution in [2.24, 2.45) is 0 Å². The lowest BCUT2D eigenvalue weighted by molar-refractivity contribution is 0.0719. The van der Waals surface area contributed by atoms with E-state index in [0.717, 1.165) is 11.8 Å². The Morgan fingerprint density at radius 3 is 2.58 bits per heavy atom. The van der Waals surface area contributed by atoms with E-state index in [1.54, 1.807) is 41.3 Å². The van der Waals surface area contributed by atoms with Crippen molar-refractivity contribution in [2.45, 2.75) is 23.8 Å². The largest absolute Gasteiger partial charge is 0.451 e. The lowest BCUT2D eigenvalue weighted by Gasteiger charge is -2.23. The summed E-state index contributed by atoms with van der Waals surface area (Å²) < 4.78 is 31.0. The number of likely N-dealkylation sites (tertiary alicyclic amines) is 1. The van der Waals surface area contributed by atoms with Crippen molar-refractivity contribution in [3.05, 3.63) is 66.4 Å². The number of furan rings is 1. The standard InChI is InChI=1S/C20H19NO4S/c22-20(19-13-15-7-4-5-11-18(15)25-19)21-12-6-8-16(21)14-26(23,24)17-9-2-1-3-10-17/h1-5,7,9-11,13,16H,6,8,12,14H2. The molecule has 26 heavy (non-hydrogen) atoms. The minimum atomic E-state index is -3.44. The Bertz CT molecular complexity index is 1010. The summed E-state index contributed by atoms with van der Waals surface area (Å²) in [4.78, 5) is 14.8. The molecule has 1 amide bonds. The van der Waals surface area contributed by atoms with E-state index in [4.69, 9.17) is 4.42 Å². The van der Waals surface area contributed by atoms with Gasteiger partial charge in [0, 0.05) is 18.0 Å². The van der Waals surface area contributed by atoms with E-state index < -0.39 is 9.84 Å². The highest BCUT2D eigenvalue weighted by molar-refractivity contribution is 7.91. The molecule has 1 aliphatic heterocycles. The van der Waals surface area contributed by atoms with Crippen molar-refractivity contribution in [1.29, 1.82) is 0 Å². The smallest absolute Gasteiger partial charge is 0.289 e. The average Bonchev–Trinajstić information content (AvgIpc) is 3.28. The number of para-hydroxylation sites is 1. The molecular formula is C20H19NO4S. The molecule has 1 saturated heterocycles. The van der Waals surface area contributed by atoms with Crippen molar-refractivity contribution in [2.75, 3.05) is 12.3 Å². The van der Waals surface area contributed by atoms with Gasteiger partial charge in [0.15, 0.2) is 15.6 Å². The summed E-state index contributed by atoms with van der Waals surface area (Å²) in [6, 6.07) is 17.2. The van der Waals surface area contributed by atoms with Gasteiger partial charge in [-0.05, 0) is 37.1 Å². The van der Waals surface area contributed by atoms with Crippen molar-refractivity contribution in [3.63, 3.8) is 0 Å². The molecule has 0 spiro atoms. The molecule has 0 aliphatic carbocycles. The fourth-order valence-corrected chi connectivity index (χ4v) is 5.10. The lowest BCUT2D eigenvalue weighted by Crippen LogP contribution is -2.39. The van der Waals surface area contributed by atoms with Gasteiger partial charge in [-0.1, -0.05) is 36.4 Å². The molecule has 6 heteroatoms. The van der Waals surface area contributed by atoms with E-state index in [9.17, 15) is 13.2 Å². The maximum Gasteiger partial charge on any atom is 0.289 e. The molecule has 1 aromatic heterocycles. The molecule has 2 heterocycles. The SMILES string of the molecule is O=C(c1cc2ccccc2o1)N1CCCC1CS(=O)(=O)c1ccccc1. The molecule has 4 rings (SSSR count). The number of sulfone groups is 1. The molecule has 2 aromatic carbocycles. The van der Waals surface area contributed by atoms with Gasteiger partial charge in [0.05, 0.1) is 10.6 Å². The number of benzene rings is 2. The van der Waals surface area contributed by atoms with Crippen LogP contribution < -0.4 is 0 Å². The van der Waals surface area contributed by atoms with Gasteiger partial charge in [-0.15, -0.1) is 0 Å². The molecule has 134 valence electrons. The van der Waals surface area contributed by atoms with Crippen LogP contribution in [0.4, 0.5) is 0 Å². The van der Waals surface area contributed by atoms with Crippen molar-refractivity contribution in [3.8, 4) is 0 Å². The van der Waals surface area contributed by atoms with Crippen LogP contribution in [0, 0.1) is 0 Å². The molecule has 3 aromatic rings. The number of fused-ring (bicyclic) bond motifs is 1. The Balaban J connectivity index is 1.57. The van der Waals surface area contributed by atoms with E-state index in [-0.39, 0.29) is 23.5 Å². The third-order valence-corrected chi connectivity index (χ3v) is 6.60. The highest BCUT2D eigenvalue weighted by Gasteiger charge is 2.34. The number of hydrogen-bond acceptors (Lipinski definition) is 4. The molecule has 0 radical (unpaired) electrons. The lowest BCUT2D eigenvalue weighted by atomic mass is 10.2. The molecule has 1 aliphatic rings. The Morgan fingerprint density at radius 2 is 1.81 bits per heavy atom. The molecule has 5 nitrogen and oxygen atoms in total. The number of amides is 1. The molecule has 0 bridgehead atoms. The van der Waals surface area contributed by atoms with Gasteiger partial charge in [0.2, 0.25) is 0 Å². The average molecular weight is 369 g/mol. The summed E-state index contributed by atoms with van der Waals surface area (Å²) in [6.45, 7) is 0.546. The van der Waals surface area contributed by atoms with Gasteiger partial charge >= 0.3 is 0 Å². The highest BCUT2D eigenvalue weighted by atomic mass is 32.2. The Labute approximate surface area is 152 Å². The zero-order valence-corrected chi connectivity index (χ0v) is 15.0. The summed E-state index contributed by atoms with van der Waals surface area (Å²) in [5, 5.41) is 0.864. The third-order valence-electron chi connectivity index (χ3n) is 4.79. The predicted molar refractivity (Wildman–Crippen MR) is 98.8 cm³/mol. The molecule has 1 fully saturated rings. The zero-order valence-electron chi connectivity index (χ0n) is 14.2. The Morgan fingerprint density at radius 1 is 1.08 bits per heavy atom. The predicted octanol–water partition coefficient (Wildman–Crippen LogP) is 3.51. The van der Waals surface area contributed by atoms with Crippen molar-refractivity contribution >= 4 is 26.7 Å². The number of rotatable bonds is 4. The summed E-state index contributed by atoms with van der Waals surface area (Å²) in [7, 11) is -3.44. The molecule has 1 atom stereocenters. The molecule has 0 N–H and O–H groups in total. The number of nitrogens with zero attached hydrogens (tertiary/aromatic N) is 1. The Hall–Kier alpha value is -2.60. The van der Waals surface area contributed by atoms with Crippen molar-refractivity contribution < 1.29 is 17.6 Å². The van der Waals surface area contributed by atoms with E-state index in [1.165, 1.54) is 0 Å². The second-order valence-corrected chi connectivity index (χ2v) is 8.57. The fourth-order valence-electron chi connectivity index (χ4n) is 3.48. The maximum atomic E-state index is 12.9. The minimum Gasteiger partial charge on any atom is -0.451 e. The normalized spacial score (nSPS) is 17.7. The van der Waals surface area contributed by atoms with Crippen LogP contribution in [0.15, 0.2) is 70.0 Å². The summed E-state index contributed by atoms with van der Waals surface area (Å²) >= 11 is 0. The number of carbonyl (C=O) groups is 1. The van der Waals surface area contributed by atoms with E-state index >= 15 is 0 Å². The monoisotopic (exact) mass is 369 g/mol. The second kappa shape index (κ2) is 6.61. The maximum absolute atomic E-state index is 12.9. The van der Waals surface area contributed by atoms with Crippen LogP contribution in [0.2, 0.25) is 0 Å². The Kier molecular flexibility index (Phi) is 4.28.